The van der Waals surface area contributed by atoms with Crippen molar-refractivity contribution in [1.29, 1.82) is 0 Å². The molecule has 3 aromatic rings. The zero-order chi connectivity index (χ0) is 25.0. The smallest absolute Gasteiger partial charge is 0.263 e. The van der Waals surface area contributed by atoms with Crippen molar-refractivity contribution >= 4 is 33.2 Å². The van der Waals surface area contributed by atoms with Gasteiger partial charge >= 0.3 is 0 Å². The van der Waals surface area contributed by atoms with Gasteiger partial charge in [-0.3, -0.25) is 9.52 Å². The highest BCUT2D eigenvalue weighted by Crippen LogP contribution is 2.31. The summed E-state index contributed by atoms with van der Waals surface area (Å²) in [5.41, 5.74) is 3.17. The van der Waals surface area contributed by atoms with Crippen molar-refractivity contribution < 1.29 is 22.7 Å². The van der Waals surface area contributed by atoms with Crippen molar-refractivity contribution in [2.75, 3.05) is 18.9 Å². The largest absolute Gasteiger partial charge is 0.493 e. The van der Waals surface area contributed by atoms with Crippen LogP contribution in [0, 0.1) is 13.8 Å². The molecule has 0 radical (unpaired) electrons. The fraction of sp³-hybridized carbons (Fsp3) is 0.240. The van der Waals surface area contributed by atoms with Crippen LogP contribution >= 0.6 is 11.6 Å². The molecule has 9 heteroatoms. The van der Waals surface area contributed by atoms with Gasteiger partial charge in [0.25, 0.3) is 15.9 Å². The molecule has 0 heterocycles. The van der Waals surface area contributed by atoms with Gasteiger partial charge < -0.3 is 14.8 Å². The number of halogens is 1. The van der Waals surface area contributed by atoms with E-state index in [2.05, 4.69) is 10.0 Å². The summed E-state index contributed by atoms with van der Waals surface area (Å²) in [4.78, 5) is 12.7. The van der Waals surface area contributed by atoms with Crippen LogP contribution in [-0.2, 0) is 10.0 Å². The van der Waals surface area contributed by atoms with Crippen molar-refractivity contribution in [2.24, 2.45) is 0 Å². The standard InChI is InChI=1S/C25H27ClN2O5S/c1-15-7-6-8-21(16(15)2)28-34(30,31)24-14-19(9-11-20(24)26)25(29)27-17(3)18-10-12-22(32-4)23(13-18)33-5/h6-14,17,28H,1-5H3,(H,27,29)/t17-/m1/s1. The number of aryl methyl sites for hydroxylation is 1. The number of anilines is 1. The molecule has 2 N–H and O–H groups in total. The number of carbonyl (C=O) groups is 1. The number of amides is 1. The number of sulfonamides is 1. The van der Waals surface area contributed by atoms with Gasteiger partial charge in [-0.05, 0) is 73.9 Å². The normalized spacial score (nSPS) is 12.1. The first kappa shape index (κ1) is 25.4. The van der Waals surface area contributed by atoms with Crippen LogP contribution in [0.5, 0.6) is 11.5 Å². The predicted octanol–water partition coefficient (Wildman–Crippen LogP) is 5.27. The molecular formula is C25H27ClN2O5S. The van der Waals surface area contributed by atoms with Gasteiger partial charge in [0.2, 0.25) is 0 Å². The molecule has 0 fully saturated rings. The third-order valence-electron chi connectivity index (χ3n) is 5.59. The first-order valence-electron chi connectivity index (χ1n) is 10.5. The highest BCUT2D eigenvalue weighted by molar-refractivity contribution is 7.92. The number of ether oxygens (including phenoxy) is 2. The zero-order valence-electron chi connectivity index (χ0n) is 19.6. The number of rotatable bonds is 8. The summed E-state index contributed by atoms with van der Waals surface area (Å²) in [6.07, 6.45) is 0. The van der Waals surface area contributed by atoms with Crippen molar-refractivity contribution in [3.05, 3.63) is 81.9 Å². The second kappa shape index (κ2) is 10.4. The Morgan fingerprint density at radius 2 is 1.68 bits per heavy atom. The Labute approximate surface area is 205 Å². The number of carbonyl (C=O) groups excluding carboxylic acids is 1. The summed E-state index contributed by atoms with van der Waals surface area (Å²) in [5.74, 6) is 0.675. The fourth-order valence-corrected chi connectivity index (χ4v) is 5.05. The van der Waals surface area contributed by atoms with Crippen LogP contribution < -0.4 is 19.5 Å². The lowest BCUT2D eigenvalue weighted by atomic mass is 10.1. The Bertz CT molecular complexity index is 1320. The van der Waals surface area contributed by atoms with E-state index in [4.69, 9.17) is 21.1 Å². The maximum absolute atomic E-state index is 13.1. The minimum Gasteiger partial charge on any atom is -0.493 e. The SMILES string of the molecule is COc1ccc([C@@H](C)NC(=O)c2ccc(Cl)c(S(=O)(=O)Nc3cccc(C)c3C)c2)cc1OC. The molecule has 34 heavy (non-hydrogen) atoms. The summed E-state index contributed by atoms with van der Waals surface area (Å²) in [5, 5.41) is 2.89. The van der Waals surface area contributed by atoms with Crippen molar-refractivity contribution in [1.82, 2.24) is 5.32 Å². The number of hydrogen-bond donors (Lipinski definition) is 2. The van der Waals surface area contributed by atoms with Gasteiger partial charge in [-0.15, -0.1) is 0 Å². The molecule has 1 amide bonds. The van der Waals surface area contributed by atoms with Gasteiger partial charge in [-0.1, -0.05) is 29.8 Å². The van der Waals surface area contributed by atoms with Gasteiger partial charge in [0, 0.05) is 5.56 Å². The minimum atomic E-state index is -4.03. The lowest BCUT2D eigenvalue weighted by Crippen LogP contribution is -2.27. The van der Waals surface area contributed by atoms with Crippen LogP contribution in [0.1, 0.15) is 40.0 Å². The first-order valence-corrected chi connectivity index (χ1v) is 12.3. The fourth-order valence-electron chi connectivity index (χ4n) is 3.40. The molecule has 0 bridgehead atoms. The minimum absolute atomic E-state index is 0.0160. The van der Waals surface area contributed by atoms with Crippen LogP contribution in [0.3, 0.4) is 0 Å². The molecule has 0 aliphatic heterocycles. The summed E-state index contributed by atoms with van der Waals surface area (Å²) in [6, 6.07) is 14.4. The lowest BCUT2D eigenvalue weighted by molar-refractivity contribution is 0.0939. The number of nitrogens with one attached hydrogen (secondary N) is 2. The molecule has 3 rings (SSSR count). The third-order valence-corrected chi connectivity index (χ3v) is 7.43. The monoisotopic (exact) mass is 502 g/mol. The molecular weight excluding hydrogens is 476 g/mol. The van der Waals surface area contributed by atoms with Crippen molar-refractivity contribution in [3.8, 4) is 11.5 Å². The number of methoxy groups -OCH3 is 2. The molecule has 0 aliphatic carbocycles. The molecule has 3 aromatic carbocycles. The molecule has 180 valence electrons. The maximum Gasteiger partial charge on any atom is 0.263 e. The predicted molar refractivity (Wildman–Crippen MR) is 134 cm³/mol. The van der Waals surface area contributed by atoms with E-state index < -0.39 is 15.9 Å². The molecule has 0 spiro atoms. The van der Waals surface area contributed by atoms with Gasteiger partial charge in [0.05, 0.1) is 31.0 Å². The van der Waals surface area contributed by atoms with Crippen LogP contribution in [0.4, 0.5) is 5.69 Å². The van der Waals surface area contributed by atoms with E-state index >= 15 is 0 Å². The van der Waals surface area contributed by atoms with E-state index in [1.807, 2.05) is 32.9 Å². The molecule has 0 aliphatic rings. The van der Waals surface area contributed by atoms with Crippen LogP contribution in [0.2, 0.25) is 5.02 Å². The molecule has 0 unspecified atom stereocenters. The van der Waals surface area contributed by atoms with E-state index in [0.717, 1.165) is 16.7 Å². The van der Waals surface area contributed by atoms with Crippen LogP contribution in [0.15, 0.2) is 59.5 Å². The Kier molecular flexibility index (Phi) is 7.74. The first-order chi connectivity index (χ1) is 16.1. The topological polar surface area (TPSA) is 93.7 Å². The van der Waals surface area contributed by atoms with Gasteiger partial charge in [-0.25, -0.2) is 8.42 Å². The van der Waals surface area contributed by atoms with Crippen molar-refractivity contribution in [2.45, 2.75) is 31.7 Å². The third kappa shape index (κ3) is 5.46. The quantitative estimate of drug-likeness (QED) is 0.438. The second-order valence-electron chi connectivity index (χ2n) is 7.81. The molecule has 0 saturated carbocycles. The molecule has 0 saturated heterocycles. The van der Waals surface area contributed by atoms with E-state index in [-0.39, 0.29) is 21.5 Å². The Morgan fingerprint density at radius 3 is 2.35 bits per heavy atom. The van der Waals surface area contributed by atoms with Gasteiger partial charge in [-0.2, -0.15) is 0 Å². The Morgan fingerprint density at radius 1 is 0.971 bits per heavy atom. The van der Waals surface area contributed by atoms with Gasteiger partial charge in [0.1, 0.15) is 4.90 Å². The summed E-state index contributed by atoms with van der Waals surface area (Å²) < 4.78 is 39.3. The van der Waals surface area contributed by atoms with Crippen LogP contribution in [-0.4, -0.2) is 28.5 Å². The molecule has 7 nitrogen and oxygen atoms in total. The Hall–Kier alpha value is -3.23. The second-order valence-corrected chi connectivity index (χ2v) is 9.87. The summed E-state index contributed by atoms with van der Waals surface area (Å²) >= 11 is 6.21. The van der Waals surface area contributed by atoms with Crippen LogP contribution in [0.25, 0.3) is 0 Å². The number of hydrogen-bond acceptors (Lipinski definition) is 5. The molecule has 1 atom stereocenters. The van der Waals surface area contributed by atoms with Crippen molar-refractivity contribution in [3.63, 3.8) is 0 Å². The highest BCUT2D eigenvalue weighted by atomic mass is 35.5. The average Bonchev–Trinajstić information content (AvgIpc) is 2.81. The average molecular weight is 503 g/mol. The Balaban J connectivity index is 1.85. The summed E-state index contributed by atoms with van der Waals surface area (Å²) in [6.45, 7) is 5.54. The highest BCUT2D eigenvalue weighted by Gasteiger charge is 2.22. The van der Waals surface area contributed by atoms with E-state index in [9.17, 15) is 13.2 Å². The van der Waals surface area contributed by atoms with E-state index in [1.54, 1.807) is 31.4 Å². The van der Waals surface area contributed by atoms with Gasteiger partial charge in [0.15, 0.2) is 11.5 Å². The van der Waals surface area contributed by atoms with E-state index in [1.165, 1.54) is 25.3 Å². The zero-order valence-corrected chi connectivity index (χ0v) is 21.2. The number of benzene rings is 3. The molecule has 0 aromatic heterocycles. The lowest BCUT2D eigenvalue weighted by Gasteiger charge is -2.17. The summed E-state index contributed by atoms with van der Waals surface area (Å²) in [7, 11) is -0.949. The van der Waals surface area contributed by atoms with E-state index in [0.29, 0.717) is 17.2 Å². The maximum atomic E-state index is 13.1.